The van der Waals surface area contributed by atoms with Gasteiger partial charge in [0.15, 0.2) is 5.78 Å². The molecular weight excluding hydrogens is 342 g/mol. The van der Waals surface area contributed by atoms with E-state index in [4.69, 9.17) is 0 Å². The van der Waals surface area contributed by atoms with Crippen LogP contribution in [0, 0.1) is 0 Å². The Kier molecular flexibility index (Phi) is 5.96. The number of pyridine rings is 1. The summed E-state index contributed by atoms with van der Waals surface area (Å²) in [6.07, 6.45) is 3.86. The molecule has 2 aromatic rings. The predicted molar refractivity (Wildman–Crippen MR) is 102 cm³/mol. The Hall–Kier alpha value is -3.02. The summed E-state index contributed by atoms with van der Waals surface area (Å²) in [6, 6.07) is 10.7. The van der Waals surface area contributed by atoms with Crippen LogP contribution in [-0.2, 0) is 4.79 Å². The summed E-state index contributed by atoms with van der Waals surface area (Å²) in [5.74, 6) is 0.0279. The number of amides is 2. The van der Waals surface area contributed by atoms with Gasteiger partial charge in [-0.25, -0.2) is 0 Å². The normalized spacial score (nSPS) is 13.7. The molecule has 1 aromatic carbocycles. The van der Waals surface area contributed by atoms with Crippen LogP contribution in [0.4, 0.5) is 0 Å². The number of likely N-dealkylation sites (tertiary alicyclic amines) is 1. The molecule has 1 fully saturated rings. The van der Waals surface area contributed by atoms with Crippen LogP contribution in [0.25, 0.3) is 11.3 Å². The molecule has 0 atom stereocenters. The summed E-state index contributed by atoms with van der Waals surface area (Å²) < 4.78 is 0. The molecule has 6 nitrogen and oxygen atoms in total. The van der Waals surface area contributed by atoms with Crippen molar-refractivity contribution in [2.75, 3.05) is 19.6 Å². The number of nitrogens with zero attached hydrogens (tertiary/aromatic N) is 2. The number of carbonyl (C=O) groups is 3. The van der Waals surface area contributed by atoms with Crippen molar-refractivity contribution in [3.63, 3.8) is 0 Å². The van der Waals surface area contributed by atoms with Gasteiger partial charge in [0.25, 0.3) is 5.91 Å². The molecule has 0 unspecified atom stereocenters. The van der Waals surface area contributed by atoms with Crippen molar-refractivity contribution < 1.29 is 14.4 Å². The third-order valence-corrected chi connectivity index (χ3v) is 4.65. The molecule has 0 saturated carbocycles. The van der Waals surface area contributed by atoms with Gasteiger partial charge in [-0.15, -0.1) is 0 Å². The number of ketones is 1. The summed E-state index contributed by atoms with van der Waals surface area (Å²) in [4.78, 5) is 41.5. The van der Waals surface area contributed by atoms with E-state index in [-0.39, 0.29) is 17.6 Å². The lowest BCUT2D eigenvalue weighted by Crippen LogP contribution is -2.30. The number of hydrogen-bond donors (Lipinski definition) is 1. The lowest BCUT2D eigenvalue weighted by molar-refractivity contribution is -0.127. The Morgan fingerprint density at radius 1 is 1.19 bits per heavy atom. The fourth-order valence-corrected chi connectivity index (χ4v) is 3.11. The molecule has 0 aliphatic carbocycles. The maximum Gasteiger partial charge on any atom is 0.251 e. The van der Waals surface area contributed by atoms with Crippen molar-refractivity contribution in [3.8, 4) is 11.3 Å². The Morgan fingerprint density at radius 2 is 2.04 bits per heavy atom. The van der Waals surface area contributed by atoms with Crippen LogP contribution in [0.2, 0.25) is 0 Å². The highest BCUT2D eigenvalue weighted by molar-refractivity contribution is 5.96. The lowest BCUT2D eigenvalue weighted by atomic mass is 10.1. The molecule has 140 valence electrons. The third-order valence-electron chi connectivity index (χ3n) is 4.65. The first-order valence-electron chi connectivity index (χ1n) is 9.18. The molecule has 27 heavy (non-hydrogen) atoms. The highest BCUT2D eigenvalue weighted by Gasteiger charge is 2.19. The number of carbonyl (C=O) groups excluding carboxylic acids is 3. The smallest absolute Gasteiger partial charge is 0.251 e. The molecule has 1 N–H and O–H groups in total. The minimum absolute atomic E-state index is 0.0298. The van der Waals surface area contributed by atoms with Gasteiger partial charge in [-0.1, -0.05) is 12.1 Å². The molecule has 0 spiro atoms. The minimum atomic E-state index is -0.148. The van der Waals surface area contributed by atoms with Crippen LogP contribution in [0.1, 0.15) is 46.9 Å². The van der Waals surface area contributed by atoms with E-state index in [1.807, 2.05) is 17.0 Å². The van der Waals surface area contributed by atoms with Crippen LogP contribution in [0.5, 0.6) is 0 Å². The van der Waals surface area contributed by atoms with E-state index in [1.165, 1.54) is 6.92 Å². The van der Waals surface area contributed by atoms with E-state index in [0.29, 0.717) is 36.3 Å². The number of aromatic nitrogens is 1. The third kappa shape index (κ3) is 4.78. The first-order valence-corrected chi connectivity index (χ1v) is 9.18. The second-order valence-corrected chi connectivity index (χ2v) is 6.66. The maximum absolute atomic E-state index is 12.4. The second kappa shape index (κ2) is 8.58. The molecular formula is C21H23N3O3. The largest absolute Gasteiger partial charge is 0.352 e. The minimum Gasteiger partial charge on any atom is -0.352 e. The van der Waals surface area contributed by atoms with Crippen molar-refractivity contribution >= 4 is 17.6 Å². The molecule has 1 saturated heterocycles. The summed E-state index contributed by atoms with van der Waals surface area (Å²) in [6.45, 7) is 3.54. The van der Waals surface area contributed by atoms with Crippen LogP contribution >= 0.6 is 0 Å². The van der Waals surface area contributed by atoms with Crippen LogP contribution in [0.3, 0.4) is 0 Å². The molecule has 1 aromatic heterocycles. The lowest BCUT2D eigenvalue weighted by Gasteiger charge is -2.15. The molecule has 2 amide bonds. The fourth-order valence-electron chi connectivity index (χ4n) is 3.11. The van der Waals surface area contributed by atoms with Crippen LogP contribution < -0.4 is 5.32 Å². The van der Waals surface area contributed by atoms with Crippen molar-refractivity contribution in [2.45, 2.75) is 26.2 Å². The van der Waals surface area contributed by atoms with Gasteiger partial charge in [0.1, 0.15) is 0 Å². The zero-order chi connectivity index (χ0) is 19.2. The molecule has 2 heterocycles. The Balaban J connectivity index is 1.56. The van der Waals surface area contributed by atoms with Crippen LogP contribution in [0.15, 0.2) is 42.6 Å². The average molecular weight is 365 g/mol. The highest BCUT2D eigenvalue weighted by atomic mass is 16.2. The van der Waals surface area contributed by atoms with E-state index in [1.54, 1.807) is 30.5 Å². The highest BCUT2D eigenvalue weighted by Crippen LogP contribution is 2.19. The Labute approximate surface area is 158 Å². The van der Waals surface area contributed by atoms with Gasteiger partial charge in [0, 0.05) is 48.9 Å². The van der Waals surface area contributed by atoms with Crippen molar-refractivity contribution in [1.29, 1.82) is 0 Å². The average Bonchev–Trinajstić information content (AvgIpc) is 3.10. The number of hydrogen-bond acceptors (Lipinski definition) is 4. The molecule has 1 aliphatic rings. The van der Waals surface area contributed by atoms with Gasteiger partial charge >= 0.3 is 0 Å². The summed E-state index contributed by atoms with van der Waals surface area (Å²) >= 11 is 0. The van der Waals surface area contributed by atoms with E-state index >= 15 is 0 Å². The second-order valence-electron chi connectivity index (χ2n) is 6.66. The van der Waals surface area contributed by atoms with E-state index in [0.717, 1.165) is 24.9 Å². The van der Waals surface area contributed by atoms with Gasteiger partial charge < -0.3 is 10.2 Å². The van der Waals surface area contributed by atoms with Gasteiger partial charge in [-0.3, -0.25) is 19.4 Å². The van der Waals surface area contributed by atoms with E-state index in [2.05, 4.69) is 10.3 Å². The Morgan fingerprint density at radius 3 is 2.70 bits per heavy atom. The van der Waals surface area contributed by atoms with Gasteiger partial charge in [0.2, 0.25) is 5.91 Å². The first-order chi connectivity index (χ1) is 13.0. The molecule has 6 heteroatoms. The molecule has 1 aliphatic heterocycles. The van der Waals surface area contributed by atoms with Crippen molar-refractivity contribution in [2.24, 2.45) is 0 Å². The molecule has 3 rings (SSSR count). The van der Waals surface area contributed by atoms with Crippen molar-refractivity contribution in [1.82, 2.24) is 15.2 Å². The monoisotopic (exact) mass is 365 g/mol. The number of benzene rings is 1. The van der Waals surface area contributed by atoms with Gasteiger partial charge in [-0.2, -0.15) is 0 Å². The van der Waals surface area contributed by atoms with E-state index in [9.17, 15) is 14.4 Å². The molecule has 0 bridgehead atoms. The number of nitrogens with one attached hydrogen (secondary N) is 1. The zero-order valence-electron chi connectivity index (χ0n) is 15.4. The molecule has 0 radical (unpaired) electrons. The van der Waals surface area contributed by atoms with Crippen molar-refractivity contribution in [3.05, 3.63) is 53.7 Å². The summed E-state index contributed by atoms with van der Waals surface area (Å²) in [7, 11) is 0. The topological polar surface area (TPSA) is 79.4 Å². The summed E-state index contributed by atoms with van der Waals surface area (Å²) in [5.41, 5.74) is 2.65. The standard InChI is InChI=1S/C21H23N3O3/c1-15(25)18-8-9-19(23-14-18)16-5-2-6-17(13-16)21(27)22-10-4-12-24-11-3-7-20(24)26/h2,5-6,8-9,13-14H,3-4,7,10-12H2,1H3,(H,22,27). The first kappa shape index (κ1) is 18.8. The fraction of sp³-hybridized carbons (Fsp3) is 0.333. The van der Waals surface area contributed by atoms with Gasteiger partial charge in [-0.05, 0) is 44.0 Å². The predicted octanol–water partition coefficient (Wildman–Crippen LogP) is 2.69. The maximum atomic E-state index is 12.4. The number of rotatable bonds is 7. The SMILES string of the molecule is CC(=O)c1ccc(-c2cccc(C(=O)NCCCN3CCCC3=O)c2)nc1. The quantitative estimate of drug-likeness (QED) is 0.604. The zero-order valence-corrected chi connectivity index (χ0v) is 15.4. The van der Waals surface area contributed by atoms with Gasteiger partial charge in [0.05, 0.1) is 5.69 Å². The van der Waals surface area contributed by atoms with Crippen LogP contribution in [-0.4, -0.2) is 47.1 Å². The van der Waals surface area contributed by atoms with E-state index < -0.39 is 0 Å². The number of Topliss-reactive ketones (excluding diaryl/α,β-unsaturated/α-hetero) is 1. The Bertz CT molecular complexity index is 846. The summed E-state index contributed by atoms with van der Waals surface area (Å²) in [5, 5.41) is 2.90.